The molecular weight excluding hydrogens is 242 g/mol. The van der Waals surface area contributed by atoms with E-state index in [1.165, 1.54) is 56.1 Å². The molecule has 2 rings (SSSR count). The second-order valence-corrected chi connectivity index (χ2v) is 7.04. The van der Waals surface area contributed by atoms with Gasteiger partial charge in [-0.1, -0.05) is 76.6 Å². The number of nitrogens with two attached hydrogens (primary N) is 1. The molecule has 1 aromatic carbocycles. The first-order valence-electron chi connectivity index (χ1n) is 8.49. The van der Waals surface area contributed by atoms with E-state index in [1.54, 1.807) is 0 Å². The zero-order valence-electron chi connectivity index (χ0n) is 13.3. The summed E-state index contributed by atoms with van der Waals surface area (Å²) in [5.74, 6) is 1.57. The zero-order valence-corrected chi connectivity index (χ0v) is 13.3. The lowest BCUT2D eigenvalue weighted by atomic mass is 9.89. The van der Waals surface area contributed by atoms with Gasteiger partial charge in [0.2, 0.25) is 0 Å². The van der Waals surface area contributed by atoms with Gasteiger partial charge in [-0.25, -0.2) is 0 Å². The molecule has 1 heteroatoms. The third kappa shape index (κ3) is 4.94. The number of hydrogen-bond acceptors (Lipinski definition) is 1. The van der Waals surface area contributed by atoms with Crippen LogP contribution in [0.3, 0.4) is 0 Å². The highest BCUT2D eigenvalue weighted by Crippen LogP contribution is 2.30. The van der Waals surface area contributed by atoms with Crippen LogP contribution in [0.5, 0.6) is 0 Å². The zero-order chi connectivity index (χ0) is 14.4. The summed E-state index contributed by atoms with van der Waals surface area (Å²) in [5, 5.41) is 0. The normalized spacial score (nSPS) is 19.0. The van der Waals surface area contributed by atoms with E-state index in [4.69, 9.17) is 5.73 Å². The van der Waals surface area contributed by atoms with E-state index in [0.29, 0.717) is 0 Å². The molecule has 1 atom stereocenters. The number of rotatable bonds is 5. The molecule has 1 unspecified atom stereocenters. The van der Waals surface area contributed by atoms with Crippen LogP contribution < -0.4 is 5.73 Å². The Bertz CT molecular complexity index is 371. The fraction of sp³-hybridized carbons (Fsp3) is 0.684. The molecule has 0 spiro atoms. The Balaban J connectivity index is 1.89. The third-order valence-electron chi connectivity index (χ3n) is 4.61. The molecule has 20 heavy (non-hydrogen) atoms. The van der Waals surface area contributed by atoms with Crippen LogP contribution in [0.1, 0.15) is 76.0 Å². The van der Waals surface area contributed by atoms with Gasteiger partial charge in [0.15, 0.2) is 0 Å². The summed E-state index contributed by atoms with van der Waals surface area (Å²) in [5.41, 5.74) is 9.18. The minimum absolute atomic E-state index is 0.228. The summed E-state index contributed by atoms with van der Waals surface area (Å²) in [6.07, 6.45) is 10.8. The number of hydrogen-bond donors (Lipinski definition) is 1. The highest BCUT2D eigenvalue weighted by atomic mass is 14.6. The van der Waals surface area contributed by atoms with Crippen molar-refractivity contribution in [2.75, 3.05) is 0 Å². The molecule has 1 aliphatic carbocycles. The smallest absolute Gasteiger partial charge is 0.0297 e. The maximum absolute atomic E-state index is 6.43. The van der Waals surface area contributed by atoms with Crippen molar-refractivity contribution in [3.8, 4) is 0 Å². The van der Waals surface area contributed by atoms with E-state index in [1.807, 2.05) is 0 Å². The Hall–Kier alpha value is -0.820. The second-order valence-electron chi connectivity index (χ2n) is 7.04. The van der Waals surface area contributed by atoms with Crippen molar-refractivity contribution in [1.29, 1.82) is 0 Å². The Morgan fingerprint density at radius 2 is 1.60 bits per heavy atom. The van der Waals surface area contributed by atoms with Gasteiger partial charge in [-0.2, -0.15) is 0 Å². The quantitative estimate of drug-likeness (QED) is 0.729. The van der Waals surface area contributed by atoms with Gasteiger partial charge in [0.25, 0.3) is 0 Å². The summed E-state index contributed by atoms with van der Waals surface area (Å²) in [6.45, 7) is 4.54. The predicted octanol–water partition coefficient (Wildman–Crippen LogP) is 5.25. The van der Waals surface area contributed by atoms with E-state index in [2.05, 4.69) is 38.1 Å². The van der Waals surface area contributed by atoms with E-state index >= 15 is 0 Å². The fourth-order valence-corrected chi connectivity index (χ4v) is 3.47. The molecule has 112 valence electrons. The largest absolute Gasteiger partial charge is 0.324 e. The summed E-state index contributed by atoms with van der Waals surface area (Å²) >= 11 is 0. The maximum Gasteiger partial charge on any atom is 0.0297 e. The molecule has 1 fully saturated rings. The SMILES string of the molecule is CC(C)Cc1ccc(C(N)CC2CCCCCC2)cc1. The molecule has 0 radical (unpaired) electrons. The van der Waals surface area contributed by atoms with Gasteiger partial charge < -0.3 is 5.73 Å². The van der Waals surface area contributed by atoms with Gasteiger partial charge in [0, 0.05) is 6.04 Å². The molecular formula is C19H31N. The van der Waals surface area contributed by atoms with Crippen LogP contribution in [0.2, 0.25) is 0 Å². The lowest BCUT2D eigenvalue weighted by Gasteiger charge is -2.20. The molecule has 1 saturated carbocycles. The first-order valence-corrected chi connectivity index (χ1v) is 8.49. The van der Waals surface area contributed by atoms with Gasteiger partial charge in [-0.15, -0.1) is 0 Å². The minimum Gasteiger partial charge on any atom is -0.324 e. The molecule has 0 heterocycles. The average molecular weight is 273 g/mol. The molecule has 0 saturated heterocycles. The second kappa shape index (κ2) is 7.83. The highest BCUT2D eigenvalue weighted by molar-refractivity contribution is 5.25. The molecule has 0 aromatic heterocycles. The Kier molecular flexibility index (Phi) is 6.09. The van der Waals surface area contributed by atoms with Crippen LogP contribution in [-0.2, 0) is 6.42 Å². The summed E-state index contributed by atoms with van der Waals surface area (Å²) < 4.78 is 0. The van der Waals surface area contributed by atoms with Crippen LogP contribution in [0.15, 0.2) is 24.3 Å². The first kappa shape index (κ1) is 15.6. The average Bonchev–Trinajstić information content (AvgIpc) is 2.67. The third-order valence-corrected chi connectivity index (χ3v) is 4.61. The lowest BCUT2D eigenvalue weighted by molar-refractivity contribution is 0.393. The van der Waals surface area contributed by atoms with Gasteiger partial charge in [-0.05, 0) is 35.8 Å². The van der Waals surface area contributed by atoms with Gasteiger partial charge in [-0.3, -0.25) is 0 Å². The van der Waals surface area contributed by atoms with Crippen molar-refractivity contribution in [3.05, 3.63) is 35.4 Å². The molecule has 2 N–H and O–H groups in total. The molecule has 1 aliphatic rings. The molecule has 1 nitrogen and oxygen atoms in total. The Morgan fingerprint density at radius 1 is 1.00 bits per heavy atom. The van der Waals surface area contributed by atoms with E-state index in [0.717, 1.165) is 18.3 Å². The van der Waals surface area contributed by atoms with Crippen molar-refractivity contribution in [1.82, 2.24) is 0 Å². The molecule has 0 bridgehead atoms. The van der Waals surface area contributed by atoms with Gasteiger partial charge in [0.05, 0.1) is 0 Å². The predicted molar refractivity (Wildman–Crippen MR) is 87.7 cm³/mol. The summed E-state index contributed by atoms with van der Waals surface area (Å²) in [6, 6.07) is 9.26. The van der Waals surface area contributed by atoms with Crippen LogP contribution >= 0.6 is 0 Å². The van der Waals surface area contributed by atoms with E-state index in [-0.39, 0.29) is 6.04 Å². The summed E-state index contributed by atoms with van der Waals surface area (Å²) in [4.78, 5) is 0. The van der Waals surface area contributed by atoms with Crippen molar-refractivity contribution < 1.29 is 0 Å². The fourth-order valence-electron chi connectivity index (χ4n) is 3.47. The van der Waals surface area contributed by atoms with Crippen molar-refractivity contribution in [2.45, 2.75) is 71.3 Å². The highest BCUT2D eigenvalue weighted by Gasteiger charge is 2.16. The topological polar surface area (TPSA) is 26.0 Å². The van der Waals surface area contributed by atoms with Crippen LogP contribution in [0.25, 0.3) is 0 Å². The van der Waals surface area contributed by atoms with Crippen LogP contribution in [0, 0.1) is 11.8 Å². The lowest BCUT2D eigenvalue weighted by Crippen LogP contribution is -2.15. The van der Waals surface area contributed by atoms with Crippen LogP contribution in [-0.4, -0.2) is 0 Å². The van der Waals surface area contributed by atoms with E-state index < -0.39 is 0 Å². The Morgan fingerprint density at radius 3 is 2.15 bits per heavy atom. The van der Waals surface area contributed by atoms with Gasteiger partial charge >= 0.3 is 0 Å². The number of benzene rings is 1. The minimum atomic E-state index is 0.228. The van der Waals surface area contributed by atoms with Gasteiger partial charge in [0.1, 0.15) is 0 Å². The van der Waals surface area contributed by atoms with E-state index in [9.17, 15) is 0 Å². The van der Waals surface area contributed by atoms with Crippen molar-refractivity contribution in [3.63, 3.8) is 0 Å². The first-order chi connectivity index (χ1) is 9.65. The summed E-state index contributed by atoms with van der Waals surface area (Å²) in [7, 11) is 0. The Labute approximate surface area is 125 Å². The molecule has 0 amide bonds. The van der Waals surface area contributed by atoms with Crippen molar-refractivity contribution >= 4 is 0 Å². The van der Waals surface area contributed by atoms with Crippen molar-refractivity contribution in [2.24, 2.45) is 17.6 Å². The maximum atomic E-state index is 6.43. The van der Waals surface area contributed by atoms with Crippen LogP contribution in [0.4, 0.5) is 0 Å². The molecule has 0 aliphatic heterocycles. The monoisotopic (exact) mass is 273 g/mol. The standard InChI is InChI=1S/C19H31N/c1-15(2)13-17-9-11-18(12-10-17)19(20)14-16-7-5-3-4-6-8-16/h9-12,15-16,19H,3-8,13-14,20H2,1-2H3. The molecule has 1 aromatic rings.